The summed E-state index contributed by atoms with van der Waals surface area (Å²) >= 11 is 0. The van der Waals surface area contributed by atoms with Crippen molar-refractivity contribution in [3.63, 3.8) is 0 Å². The van der Waals surface area contributed by atoms with Crippen LogP contribution in [0.15, 0.2) is 11.6 Å². The van der Waals surface area contributed by atoms with Gasteiger partial charge in [-0.1, -0.05) is 54.5 Å². The predicted octanol–water partition coefficient (Wildman–Crippen LogP) is 7.54. The van der Waals surface area contributed by atoms with Crippen LogP contribution in [0.5, 0.6) is 0 Å². The number of carbonyl (C=O) groups is 1. The van der Waals surface area contributed by atoms with Crippen molar-refractivity contribution < 1.29 is 9.22 Å². The first-order valence-electron chi connectivity index (χ1n) is 11.9. The first-order chi connectivity index (χ1) is 13.0. The predicted molar refractivity (Wildman–Crippen MR) is 126 cm³/mol. The zero-order valence-corrected chi connectivity index (χ0v) is 21.9. The van der Waals surface area contributed by atoms with Crippen molar-refractivity contribution in [1.29, 1.82) is 0 Å². The molecule has 5 atom stereocenters. The van der Waals surface area contributed by atoms with Gasteiger partial charge in [0.15, 0.2) is 14.1 Å². The summed E-state index contributed by atoms with van der Waals surface area (Å²) in [6.07, 6.45) is 9.44. The van der Waals surface area contributed by atoms with E-state index in [4.69, 9.17) is 4.43 Å². The second-order valence-corrected chi connectivity index (χ2v) is 18.2. The Balaban J connectivity index is 1.77. The maximum atomic E-state index is 12.0. The third-order valence-corrected chi connectivity index (χ3v) is 14.3. The first kappa shape index (κ1) is 23.3. The molecule has 166 valence electrons. The maximum absolute atomic E-state index is 12.0. The van der Waals surface area contributed by atoms with Crippen LogP contribution in [0, 0.1) is 28.1 Å². The number of allylic oxidation sites excluding steroid dienone is 2. The summed E-state index contributed by atoms with van der Waals surface area (Å²) < 4.78 is 7.05. The summed E-state index contributed by atoms with van der Waals surface area (Å²) in [4.78, 5) is 12.0. The smallest absolute Gasteiger partial charge is 0.192 e. The van der Waals surface area contributed by atoms with E-state index in [1.165, 1.54) is 25.7 Å². The fourth-order valence-corrected chi connectivity index (χ4v) is 7.87. The second kappa shape index (κ2) is 7.05. The van der Waals surface area contributed by atoms with Crippen molar-refractivity contribution in [1.82, 2.24) is 0 Å². The number of carbonyl (C=O) groups excluding carboxylic acids is 1. The van der Waals surface area contributed by atoms with Gasteiger partial charge in [-0.15, -0.1) is 0 Å². The van der Waals surface area contributed by atoms with Crippen molar-refractivity contribution >= 4 is 14.1 Å². The van der Waals surface area contributed by atoms with E-state index in [1.54, 1.807) is 0 Å². The highest BCUT2D eigenvalue weighted by molar-refractivity contribution is 6.74. The van der Waals surface area contributed by atoms with Crippen LogP contribution in [0.4, 0.5) is 0 Å². The molecule has 29 heavy (non-hydrogen) atoms. The normalized spacial score (nSPS) is 39.7. The number of Topliss-reactive ketones (excluding diaryl/α,β-unsaturated/α-hetero) is 1. The maximum Gasteiger partial charge on any atom is 0.192 e. The van der Waals surface area contributed by atoms with E-state index in [0.717, 1.165) is 30.3 Å². The van der Waals surface area contributed by atoms with Gasteiger partial charge >= 0.3 is 0 Å². The van der Waals surface area contributed by atoms with Gasteiger partial charge in [0.05, 0.1) is 0 Å². The Morgan fingerprint density at radius 2 is 1.76 bits per heavy atom. The van der Waals surface area contributed by atoms with Gasteiger partial charge in [-0.2, -0.15) is 0 Å². The fourth-order valence-electron chi connectivity index (χ4n) is 6.51. The SMILES string of the molecule is CC1=C[C@@](C)(CC[C@@]2(C)C[C@H](O[Si](C)(C)C(C)(C)C)[C@H]3C[C@@H]2C3(C)C)CCC1=O. The van der Waals surface area contributed by atoms with E-state index >= 15 is 0 Å². The molecule has 3 heteroatoms. The Morgan fingerprint density at radius 1 is 1.14 bits per heavy atom. The van der Waals surface area contributed by atoms with Crippen LogP contribution in [-0.4, -0.2) is 20.2 Å². The minimum atomic E-state index is -1.77. The van der Waals surface area contributed by atoms with Crippen LogP contribution in [0.2, 0.25) is 18.1 Å². The molecule has 0 aromatic carbocycles. The Labute approximate surface area is 181 Å². The van der Waals surface area contributed by atoms with Crippen LogP contribution in [0.25, 0.3) is 0 Å². The molecule has 0 N–H and O–H groups in total. The molecule has 2 nitrogen and oxygen atoms in total. The monoisotopic (exact) mass is 418 g/mol. The molecule has 0 unspecified atom stereocenters. The average Bonchev–Trinajstić information content (AvgIpc) is 2.55. The second-order valence-electron chi connectivity index (χ2n) is 13.4. The van der Waals surface area contributed by atoms with E-state index in [-0.39, 0.29) is 10.5 Å². The molecule has 3 saturated carbocycles. The standard InChI is InChI=1S/C26H46O2Si/c1-18-16-25(7,12-11-20(18)27)13-14-26(8)17-21(19-15-22(26)24(19,5)6)28-29(9,10)23(2,3)4/h16,19,21-22H,11-15,17H2,1-10H3/t19-,21+,22-,25-,26+/m1/s1. The van der Waals surface area contributed by atoms with E-state index in [1.807, 2.05) is 6.92 Å². The van der Waals surface area contributed by atoms with Crippen molar-refractivity contribution in [3.05, 3.63) is 11.6 Å². The molecule has 0 radical (unpaired) electrons. The minimum Gasteiger partial charge on any atom is -0.414 e. The van der Waals surface area contributed by atoms with Crippen molar-refractivity contribution in [2.24, 2.45) is 28.1 Å². The molecule has 0 aliphatic heterocycles. The molecule has 0 aromatic heterocycles. The third-order valence-electron chi connectivity index (χ3n) is 9.75. The lowest BCUT2D eigenvalue weighted by Crippen LogP contribution is -2.65. The lowest BCUT2D eigenvalue weighted by atomic mass is 9.39. The highest BCUT2D eigenvalue weighted by atomic mass is 28.4. The largest absolute Gasteiger partial charge is 0.414 e. The van der Waals surface area contributed by atoms with Crippen molar-refractivity contribution in [2.45, 2.75) is 118 Å². The van der Waals surface area contributed by atoms with Gasteiger partial charge in [-0.05, 0) is 90.8 Å². The van der Waals surface area contributed by atoms with Gasteiger partial charge in [-0.25, -0.2) is 0 Å². The topological polar surface area (TPSA) is 26.3 Å². The van der Waals surface area contributed by atoms with E-state index in [2.05, 4.69) is 67.6 Å². The lowest BCUT2D eigenvalue weighted by Gasteiger charge is -2.68. The van der Waals surface area contributed by atoms with E-state index < -0.39 is 8.32 Å². The van der Waals surface area contributed by atoms with Crippen molar-refractivity contribution in [2.75, 3.05) is 0 Å². The fraction of sp³-hybridized carbons (Fsp3) is 0.885. The Kier molecular flexibility index (Phi) is 5.65. The van der Waals surface area contributed by atoms with Gasteiger partial charge in [0, 0.05) is 12.5 Å². The van der Waals surface area contributed by atoms with Crippen LogP contribution < -0.4 is 0 Å². The Bertz CT molecular complexity index is 698. The molecule has 0 amide bonds. The molecular weight excluding hydrogens is 372 g/mol. The zero-order valence-electron chi connectivity index (χ0n) is 20.9. The number of rotatable bonds is 5. The molecule has 4 aliphatic carbocycles. The molecule has 0 heterocycles. The highest BCUT2D eigenvalue weighted by Gasteiger charge is 2.64. The molecule has 3 fully saturated rings. The molecule has 2 bridgehead atoms. The first-order valence-corrected chi connectivity index (χ1v) is 14.8. The lowest BCUT2D eigenvalue weighted by molar-refractivity contribution is -0.206. The van der Waals surface area contributed by atoms with Gasteiger partial charge in [0.25, 0.3) is 0 Å². The Morgan fingerprint density at radius 3 is 2.28 bits per heavy atom. The number of fused-ring (bicyclic) bond motifs is 2. The number of hydrogen-bond donors (Lipinski definition) is 0. The van der Waals surface area contributed by atoms with Gasteiger partial charge < -0.3 is 4.43 Å². The van der Waals surface area contributed by atoms with Crippen LogP contribution in [0.1, 0.15) is 93.9 Å². The summed E-state index contributed by atoms with van der Waals surface area (Å²) in [5.74, 6) is 1.87. The molecule has 4 aliphatic rings. The molecule has 0 saturated heterocycles. The number of ketones is 1. The Hall–Kier alpha value is -0.413. The van der Waals surface area contributed by atoms with Crippen LogP contribution >= 0.6 is 0 Å². The summed E-state index contributed by atoms with van der Waals surface area (Å²) in [6, 6.07) is 0. The molecule has 0 spiro atoms. The zero-order chi connectivity index (χ0) is 22.0. The quantitative estimate of drug-likeness (QED) is 0.431. The molecule has 4 rings (SSSR count). The van der Waals surface area contributed by atoms with E-state index in [0.29, 0.717) is 22.7 Å². The summed E-state index contributed by atoms with van der Waals surface area (Å²) in [7, 11) is -1.77. The van der Waals surface area contributed by atoms with E-state index in [9.17, 15) is 4.79 Å². The van der Waals surface area contributed by atoms with Crippen LogP contribution in [-0.2, 0) is 9.22 Å². The third kappa shape index (κ3) is 4.07. The molecular formula is C26H46O2Si. The van der Waals surface area contributed by atoms with Gasteiger partial charge in [-0.3, -0.25) is 4.79 Å². The molecule has 0 aromatic rings. The summed E-state index contributed by atoms with van der Waals surface area (Å²) in [5, 5.41) is 0.262. The average molecular weight is 419 g/mol. The van der Waals surface area contributed by atoms with Crippen molar-refractivity contribution in [3.8, 4) is 0 Å². The number of hydrogen-bond acceptors (Lipinski definition) is 2. The van der Waals surface area contributed by atoms with Crippen LogP contribution in [0.3, 0.4) is 0 Å². The van der Waals surface area contributed by atoms with Gasteiger partial charge in [0.1, 0.15) is 0 Å². The minimum absolute atomic E-state index is 0.182. The highest BCUT2D eigenvalue weighted by Crippen LogP contribution is 2.68. The summed E-state index contributed by atoms with van der Waals surface area (Å²) in [5.41, 5.74) is 1.89. The summed E-state index contributed by atoms with van der Waals surface area (Å²) in [6.45, 7) is 23.8. The van der Waals surface area contributed by atoms with Gasteiger partial charge in [0.2, 0.25) is 0 Å².